The third kappa shape index (κ3) is 3.76. The van der Waals surface area contributed by atoms with Gasteiger partial charge in [0.05, 0.1) is 18.2 Å². The van der Waals surface area contributed by atoms with Crippen molar-refractivity contribution >= 4 is 11.6 Å². The molecule has 1 atom stereocenters. The molecule has 0 aromatic heterocycles. The first kappa shape index (κ1) is 15.8. The summed E-state index contributed by atoms with van der Waals surface area (Å²) in [4.78, 5) is 0. The van der Waals surface area contributed by atoms with E-state index in [1.807, 2.05) is 18.2 Å². The van der Waals surface area contributed by atoms with Crippen LogP contribution in [0.4, 0.5) is 0 Å². The molecule has 0 saturated heterocycles. The molecule has 0 aliphatic carbocycles. The molecule has 2 aromatic rings. The van der Waals surface area contributed by atoms with Gasteiger partial charge in [-0.15, -0.1) is 0 Å². The standard InChI is InChI=1S/C17H21ClN2O/c1-11-4-5-13(8-12(11)2)9-16(20-19)14-6-7-15(18)17(10-14)21-3/h4-8,10,16,20H,9,19H2,1-3H3. The van der Waals surface area contributed by atoms with Crippen molar-refractivity contribution < 1.29 is 4.74 Å². The van der Waals surface area contributed by atoms with Crippen molar-refractivity contribution in [1.82, 2.24) is 5.43 Å². The Labute approximate surface area is 131 Å². The van der Waals surface area contributed by atoms with Gasteiger partial charge in [0.25, 0.3) is 0 Å². The second kappa shape index (κ2) is 6.94. The third-order valence-electron chi connectivity index (χ3n) is 3.79. The highest BCUT2D eigenvalue weighted by atomic mass is 35.5. The molecule has 0 saturated carbocycles. The third-order valence-corrected chi connectivity index (χ3v) is 4.10. The summed E-state index contributed by atoms with van der Waals surface area (Å²) >= 11 is 6.07. The Morgan fingerprint density at radius 3 is 2.52 bits per heavy atom. The van der Waals surface area contributed by atoms with Gasteiger partial charge in [-0.2, -0.15) is 0 Å². The zero-order valence-corrected chi connectivity index (χ0v) is 13.4. The van der Waals surface area contributed by atoms with E-state index in [1.54, 1.807) is 7.11 Å². The van der Waals surface area contributed by atoms with Crippen LogP contribution < -0.4 is 16.0 Å². The molecule has 0 heterocycles. The SMILES string of the molecule is COc1cc(C(Cc2ccc(C)c(C)c2)NN)ccc1Cl. The maximum absolute atomic E-state index is 6.07. The minimum absolute atomic E-state index is 0.0123. The van der Waals surface area contributed by atoms with Crippen LogP contribution in [0, 0.1) is 13.8 Å². The molecule has 0 bridgehead atoms. The normalized spacial score (nSPS) is 12.2. The summed E-state index contributed by atoms with van der Waals surface area (Å²) < 4.78 is 5.26. The first-order chi connectivity index (χ1) is 10.0. The number of halogens is 1. The molecule has 4 heteroatoms. The van der Waals surface area contributed by atoms with Crippen LogP contribution in [0.1, 0.15) is 28.3 Å². The van der Waals surface area contributed by atoms with E-state index >= 15 is 0 Å². The largest absolute Gasteiger partial charge is 0.495 e. The minimum Gasteiger partial charge on any atom is -0.495 e. The number of nitrogens with one attached hydrogen (secondary N) is 1. The van der Waals surface area contributed by atoms with Crippen LogP contribution in [0.25, 0.3) is 0 Å². The maximum atomic E-state index is 6.07. The number of ether oxygens (including phenoxy) is 1. The van der Waals surface area contributed by atoms with E-state index in [2.05, 4.69) is 37.5 Å². The number of methoxy groups -OCH3 is 1. The van der Waals surface area contributed by atoms with Gasteiger partial charge in [0.1, 0.15) is 5.75 Å². The quantitative estimate of drug-likeness (QED) is 0.654. The van der Waals surface area contributed by atoms with Gasteiger partial charge in [-0.25, -0.2) is 0 Å². The van der Waals surface area contributed by atoms with Crippen LogP contribution in [-0.2, 0) is 6.42 Å². The lowest BCUT2D eigenvalue weighted by Crippen LogP contribution is -2.29. The molecule has 3 N–H and O–H groups in total. The molecule has 2 aromatic carbocycles. The van der Waals surface area contributed by atoms with E-state index in [4.69, 9.17) is 22.2 Å². The smallest absolute Gasteiger partial charge is 0.137 e. The summed E-state index contributed by atoms with van der Waals surface area (Å²) in [6.07, 6.45) is 0.808. The second-order valence-corrected chi connectivity index (χ2v) is 5.64. The van der Waals surface area contributed by atoms with Gasteiger partial charge in [0.15, 0.2) is 0 Å². The van der Waals surface area contributed by atoms with E-state index < -0.39 is 0 Å². The molecular formula is C17H21ClN2O. The number of benzene rings is 2. The molecule has 0 radical (unpaired) electrons. The summed E-state index contributed by atoms with van der Waals surface area (Å²) in [5.74, 6) is 6.39. The van der Waals surface area contributed by atoms with E-state index in [0.29, 0.717) is 10.8 Å². The van der Waals surface area contributed by atoms with Gasteiger partial charge in [0.2, 0.25) is 0 Å². The zero-order valence-electron chi connectivity index (χ0n) is 12.6. The fraction of sp³-hybridized carbons (Fsp3) is 0.294. The van der Waals surface area contributed by atoms with Crippen LogP contribution in [-0.4, -0.2) is 7.11 Å². The van der Waals surface area contributed by atoms with Crippen LogP contribution in [0.2, 0.25) is 5.02 Å². The van der Waals surface area contributed by atoms with Gasteiger partial charge >= 0.3 is 0 Å². The van der Waals surface area contributed by atoms with Gasteiger partial charge in [-0.05, 0) is 54.7 Å². The Hall–Kier alpha value is -1.55. The molecule has 3 nitrogen and oxygen atoms in total. The lowest BCUT2D eigenvalue weighted by atomic mass is 9.97. The first-order valence-corrected chi connectivity index (χ1v) is 7.28. The highest BCUT2D eigenvalue weighted by Crippen LogP contribution is 2.29. The van der Waals surface area contributed by atoms with Crippen molar-refractivity contribution in [1.29, 1.82) is 0 Å². The molecule has 0 aliphatic rings. The summed E-state index contributed by atoms with van der Waals surface area (Å²) in [6, 6.07) is 12.2. The van der Waals surface area contributed by atoms with Crippen LogP contribution >= 0.6 is 11.6 Å². The Bertz CT molecular complexity index is 628. The van der Waals surface area contributed by atoms with Gasteiger partial charge in [-0.3, -0.25) is 11.3 Å². The van der Waals surface area contributed by atoms with E-state index in [-0.39, 0.29) is 6.04 Å². The van der Waals surface area contributed by atoms with Crippen LogP contribution in [0.3, 0.4) is 0 Å². The highest BCUT2D eigenvalue weighted by Gasteiger charge is 2.13. The number of hydrogen-bond donors (Lipinski definition) is 2. The number of rotatable bonds is 5. The molecule has 112 valence electrons. The number of hydrazine groups is 1. The van der Waals surface area contributed by atoms with Crippen LogP contribution in [0.15, 0.2) is 36.4 Å². The average molecular weight is 305 g/mol. The summed E-state index contributed by atoms with van der Waals surface area (Å²) in [7, 11) is 1.61. The zero-order chi connectivity index (χ0) is 15.4. The minimum atomic E-state index is 0.0123. The fourth-order valence-corrected chi connectivity index (χ4v) is 2.53. The Morgan fingerprint density at radius 1 is 1.14 bits per heavy atom. The van der Waals surface area contributed by atoms with Crippen LogP contribution in [0.5, 0.6) is 5.75 Å². The Morgan fingerprint density at radius 2 is 1.90 bits per heavy atom. The highest BCUT2D eigenvalue weighted by molar-refractivity contribution is 6.32. The summed E-state index contributed by atoms with van der Waals surface area (Å²) in [6.45, 7) is 4.23. The van der Waals surface area contributed by atoms with E-state index in [1.165, 1.54) is 16.7 Å². The van der Waals surface area contributed by atoms with E-state index in [0.717, 1.165) is 12.0 Å². The average Bonchev–Trinajstić information content (AvgIpc) is 2.49. The molecule has 0 amide bonds. The molecule has 0 fully saturated rings. The number of aryl methyl sites for hydroxylation is 2. The fourth-order valence-electron chi connectivity index (χ4n) is 2.33. The number of hydrogen-bond acceptors (Lipinski definition) is 3. The summed E-state index contributed by atoms with van der Waals surface area (Å²) in [5, 5.41) is 0.600. The van der Waals surface area contributed by atoms with Crippen molar-refractivity contribution in [2.24, 2.45) is 5.84 Å². The van der Waals surface area contributed by atoms with Gasteiger partial charge < -0.3 is 4.74 Å². The summed E-state index contributed by atoms with van der Waals surface area (Å²) in [5.41, 5.74) is 7.76. The monoisotopic (exact) mass is 304 g/mol. The van der Waals surface area contributed by atoms with Crippen molar-refractivity contribution in [2.45, 2.75) is 26.3 Å². The lowest BCUT2D eigenvalue weighted by Gasteiger charge is -2.18. The van der Waals surface area contributed by atoms with Gasteiger partial charge in [0, 0.05) is 0 Å². The van der Waals surface area contributed by atoms with Gasteiger partial charge in [-0.1, -0.05) is 35.9 Å². The molecule has 0 spiro atoms. The molecular weight excluding hydrogens is 284 g/mol. The predicted molar refractivity (Wildman–Crippen MR) is 87.7 cm³/mol. The molecule has 2 rings (SSSR count). The van der Waals surface area contributed by atoms with Crippen molar-refractivity contribution in [3.8, 4) is 5.75 Å². The second-order valence-electron chi connectivity index (χ2n) is 5.24. The predicted octanol–water partition coefficient (Wildman–Crippen LogP) is 3.71. The Kier molecular flexibility index (Phi) is 5.23. The van der Waals surface area contributed by atoms with E-state index in [9.17, 15) is 0 Å². The van der Waals surface area contributed by atoms with Crippen molar-refractivity contribution in [3.05, 3.63) is 63.7 Å². The van der Waals surface area contributed by atoms with Crippen molar-refractivity contribution in [2.75, 3.05) is 7.11 Å². The Balaban J connectivity index is 2.25. The molecule has 0 aliphatic heterocycles. The first-order valence-electron chi connectivity index (χ1n) is 6.91. The maximum Gasteiger partial charge on any atom is 0.137 e. The molecule has 21 heavy (non-hydrogen) atoms. The lowest BCUT2D eigenvalue weighted by molar-refractivity contribution is 0.413. The van der Waals surface area contributed by atoms with Crippen molar-refractivity contribution in [3.63, 3.8) is 0 Å². The topological polar surface area (TPSA) is 47.3 Å². The molecule has 1 unspecified atom stereocenters. The number of nitrogens with two attached hydrogens (primary N) is 1.